The molecular weight excluding hydrogens is 844 g/mol. The number of hydrogen-bond donors (Lipinski definition) is 2. The van der Waals surface area contributed by atoms with Crippen molar-refractivity contribution in [1.82, 2.24) is 0 Å². The van der Waals surface area contributed by atoms with Crippen LogP contribution in [0.3, 0.4) is 0 Å². The highest BCUT2D eigenvalue weighted by atomic mass is 16.6. The fourth-order valence-corrected chi connectivity index (χ4v) is 5.91. The maximum atomic E-state index is 12.1. The van der Waals surface area contributed by atoms with Crippen LogP contribution in [0.4, 0.5) is 0 Å². The highest BCUT2D eigenvalue weighted by Crippen LogP contribution is 2.31. The fraction of sp³-hybridized carbons (Fsp3) is 0.800. The third-order valence-corrected chi connectivity index (χ3v) is 10.9. The van der Waals surface area contributed by atoms with Gasteiger partial charge in [-0.2, -0.15) is 0 Å². The molecule has 19 nitrogen and oxygen atoms in total. The lowest BCUT2D eigenvalue weighted by molar-refractivity contribution is -0.163. The standard InChI is InChI=1S/C18H30O7.C16H26O7.C11H20O5/c1-4-18(3,17(22)24-5-2)12-23-10-11-25-16(21)14-9-7-6-8-13(14)15(19)20;1-6-16(5,15(20)22-7-2)10-21-8-9-23-14(19)13(11(3)17)12(4)18;1-4-11(2,10(14)15-3)8-16-7-5-6-9(12)13/h13-14H,4-12H2,1-3H3,(H,19,20);13H,6-10H2,1-5H3;4-8H2,1-3H3,(H,12,13). The number of aliphatic carboxylic acids is 2. The topological polar surface area (TPSA) is 268 Å². The number of carbonyl (C=O) groups excluding carboxylic acids is 7. The van der Waals surface area contributed by atoms with Crippen LogP contribution in [-0.2, 0) is 81.0 Å². The molecule has 0 aliphatic heterocycles. The van der Waals surface area contributed by atoms with E-state index in [1.165, 1.54) is 7.11 Å². The molecule has 5 unspecified atom stereocenters. The van der Waals surface area contributed by atoms with Crippen LogP contribution in [0.2, 0.25) is 0 Å². The molecule has 19 heteroatoms. The third-order valence-electron chi connectivity index (χ3n) is 10.9. The van der Waals surface area contributed by atoms with Crippen LogP contribution in [0.1, 0.15) is 127 Å². The van der Waals surface area contributed by atoms with Crippen LogP contribution in [0.15, 0.2) is 0 Å². The van der Waals surface area contributed by atoms with Crippen LogP contribution < -0.4 is 0 Å². The monoisotopic (exact) mass is 920 g/mol. The summed E-state index contributed by atoms with van der Waals surface area (Å²) in [7, 11) is 1.35. The van der Waals surface area contributed by atoms with Gasteiger partial charge in [0.05, 0.1) is 81.4 Å². The lowest BCUT2D eigenvalue weighted by Crippen LogP contribution is -2.35. The Balaban J connectivity index is 0. The summed E-state index contributed by atoms with van der Waals surface area (Å²) in [5, 5.41) is 17.6. The number of esters is 5. The molecule has 0 spiro atoms. The Labute approximate surface area is 378 Å². The van der Waals surface area contributed by atoms with Gasteiger partial charge in [-0.3, -0.25) is 43.2 Å². The molecule has 0 radical (unpaired) electrons. The van der Waals surface area contributed by atoms with E-state index >= 15 is 0 Å². The zero-order valence-electron chi connectivity index (χ0n) is 40.0. The van der Waals surface area contributed by atoms with Gasteiger partial charge in [-0.05, 0) is 87.0 Å². The molecule has 1 aliphatic rings. The van der Waals surface area contributed by atoms with Crippen molar-refractivity contribution in [3.63, 3.8) is 0 Å². The number of Topliss-reactive ketones (excluding diaryl/α,β-unsaturated/α-hetero) is 2. The van der Waals surface area contributed by atoms with Crippen LogP contribution >= 0.6 is 0 Å². The summed E-state index contributed by atoms with van der Waals surface area (Å²) in [6.45, 7) is 18.4. The summed E-state index contributed by atoms with van der Waals surface area (Å²) in [6.07, 6.45) is 5.02. The molecule has 64 heavy (non-hydrogen) atoms. The van der Waals surface area contributed by atoms with Crippen molar-refractivity contribution in [2.45, 2.75) is 127 Å². The minimum atomic E-state index is -1.38. The number of carboxylic acid groups (broad SMARTS) is 2. The molecule has 1 rings (SSSR count). The molecular formula is C45H76O19. The third kappa shape index (κ3) is 23.4. The van der Waals surface area contributed by atoms with E-state index in [2.05, 4.69) is 4.74 Å². The second-order valence-corrected chi connectivity index (χ2v) is 16.2. The maximum Gasteiger partial charge on any atom is 0.324 e. The summed E-state index contributed by atoms with van der Waals surface area (Å²) < 4.78 is 40.9. The predicted molar refractivity (Wildman–Crippen MR) is 230 cm³/mol. The molecule has 2 N–H and O–H groups in total. The number of rotatable bonds is 29. The first-order chi connectivity index (χ1) is 30.0. The van der Waals surface area contributed by atoms with Crippen LogP contribution in [0.5, 0.6) is 0 Å². The Hall–Kier alpha value is -4.49. The molecule has 0 aromatic heterocycles. The van der Waals surface area contributed by atoms with Gasteiger partial charge in [-0.25, -0.2) is 0 Å². The van der Waals surface area contributed by atoms with Gasteiger partial charge < -0.3 is 48.1 Å². The predicted octanol–water partition coefficient (Wildman–Crippen LogP) is 5.19. The fourth-order valence-electron chi connectivity index (χ4n) is 5.91. The number of carboxylic acids is 2. The van der Waals surface area contributed by atoms with Crippen molar-refractivity contribution in [2.24, 2.45) is 34.0 Å². The van der Waals surface area contributed by atoms with E-state index in [0.717, 1.165) is 26.7 Å². The molecule has 5 atom stereocenters. The van der Waals surface area contributed by atoms with Crippen molar-refractivity contribution in [2.75, 3.05) is 73.2 Å². The van der Waals surface area contributed by atoms with Gasteiger partial charge in [0.1, 0.15) is 13.2 Å². The van der Waals surface area contributed by atoms with Gasteiger partial charge in [0, 0.05) is 13.0 Å². The van der Waals surface area contributed by atoms with E-state index in [1.807, 2.05) is 20.8 Å². The van der Waals surface area contributed by atoms with Gasteiger partial charge in [-0.1, -0.05) is 33.6 Å². The molecule has 1 saturated carbocycles. The SMILES string of the molecule is CCC(C)(COCCCC(=O)O)C(=O)OC.CCOC(=O)C(C)(CC)COCCOC(=O)C(C(C)=O)C(C)=O.CCOC(=O)C(C)(CC)COCCOC(=O)C1CCCCC1C(=O)O. The lowest BCUT2D eigenvalue weighted by atomic mass is 9.79. The normalized spacial score (nSPS) is 17.2. The van der Waals surface area contributed by atoms with Gasteiger partial charge in [0.2, 0.25) is 0 Å². The zero-order valence-corrected chi connectivity index (χ0v) is 40.0. The largest absolute Gasteiger partial charge is 0.481 e. The number of ketones is 2. The minimum Gasteiger partial charge on any atom is -0.481 e. The number of hydrogen-bond acceptors (Lipinski definition) is 17. The number of ether oxygens (including phenoxy) is 8. The van der Waals surface area contributed by atoms with Crippen molar-refractivity contribution in [3.05, 3.63) is 0 Å². The Morgan fingerprint density at radius 3 is 1.34 bits per heavy atom. The van der Waals surface area contributed by atoms with Gasteiger partial charge in [-0.15, -0.1) is 0 Å². The Bertz CT molecular complexity index is 1470. The van der Waals surface area contributed by atoms with Crippen LogP contribution in [-0.4, -0.2) is 137 Å². The van der Waals surface area contributed by atoms with E-state index in [0.29, 0.717) is 58.3 Å². The van der Waals surface area contributed by atoms with Crippen molar-refractivity contribution in [1.29, 1.82) is 0 Å². The van der Waals surface area contributed by atoms with Gasteiger partial charge >= 0.3 is 41.8 Å². The van der Waals surface area contributed by atoms with Crippen molar-refractivity contribution < 1.29 is 91.3 Å². The molecule has 0 aromatic carbocycles. The quantitative estimate of drug-likeness (QED) is 0.0423. The molecule has 0 aromatic rings. The van der Waals surface area contributed by atoms with Crippen molar-refractivity contribution >= 4 is 53.4 Å². The zero-order chi connectivity index (χ0) is 49.5. The molecule has 1 fully saturated rings. The number of methoxy groups -OCH3 is 1. The summed E-state index contributed by atoms with van der Waals surface area (Å²) in [6, 6.07) is 0. The first kappa shape index (κ1) is 61.6. The van der Waals surface area contributed by atoms with Crippen LogP contribution in [0.25, 0.3) is 0 Å². The second kappa shape index (κ2) is 33.1. The number of carbonyl (C=O) groups is 9. The van der Waals surface area contributed by atoms with E-state index in [9.17, 15) is 48.3 Å². The minimum absolute atomic E-state index is 0.0459. The van der Waals surface area contributed by atoms with Gasteiger partial charge in [0.15, 0.2) is 17.5 Å². The van der Waals surface area contributed by atoms with E-state index in [1.54, 1.807) is 34.6 Å². The first-order valence-electron chi connectivity index (χ1n) is 22.0. The van der Waals surface area contributed by atoms with E-state index in [-0.39, 0.29) is 70.6 Å². The molecule has 370 valence electrons. The van der Waals surface area contributed by atoms with E-state index < -0.39 is 69.4 Å². The highest BCUT2D eigenvalue weighted by molar-refractivity contribution is 6.15. The average molecular weight is 921 g/mol. The second-order valence-electron chi connectivity index (χ2n) is 16.2. The summed E-state index contributed by atoms with van der Waals surface area (Å²) in [4.78, 5) is 103. The summed E-state index contributed by atoms with van der Waals surface area (Å²) >= 11 is 0. The lowest BCUT2D eigenvalue weighted by Gasteiger charge is -2.27. The molecule has 0 bridgehead atoms. The first-order valence-corrected chi connectivity index (χ1v) is 22.0. The molecule has 0 heterocycles. The Kier molecular flexibility index (Phi) is 31.8. The van der Waals surface area contributed by atoms with Crippen LogP contribution in [0, 0.1) is 34.0 Å². The Morgan fingerprint density at radius 2 is 0.969 bits per heavy atom. The molecule has 0 saturated heterocycles. The smallest absolute Gasteiger partial charge is 0.324 e. The Morgan fingerprint density at radius 1 is 0.562 bits per heavy atom. The van der Waals surface area contributed by atoms with E-state index in [4.69, 9.17) is 38.3 Å². The molecule has 0 amide bonds. The highest BCUT2D eigenvalue weighted by Gasteiger charge is 2.38. The molecule has 1 aliphatic carbocycles. The van der Waals surface area contributed by atoms with Gasteiger partial charge in [0.25, 0.3) is 0 Å². The average Bonchev–Trinajstić information content (AvgIpc) is 3.25. The van der Waals surface area contributed by atoms with Crippen molar-refractivity contribution in [3.8, 4) is 0 Å². The summed E-state index contributed by atoms with van der Waals surface area (Å²) in [5.74, 6) is -7.79. The maximum absolute atomic E-state index is 12.1. The summed E-state index contributed by atoms with van der Waals surface area (Å²) in [5.41, 5.74) is -2.13.